The summed E-state index contributed by atoms with van der Waals surface area (Å²) in [7, 11) is 0. The number of aliphatic hydroxyl groups excluding tert-OH is 1. The van der Waals surface area contributed by atoms with Gasteiger partial charge in [-0.1, -0.05) is 6.92 Å². The van der Waals surface area contributed by atoms with Gasteiger partial charge in [-0.3, -0.25) is 4.79 Å². The maximum atomic E-state index is 12.2. The van der Waals surface area contributed by atoms with Crippen LogP contribution in [-0.2, 0) is 4.79 Å². The molecule has 0 aromatic rings. The third-order valence-corrected chi connectivity index (χ3v) is 1.10. The summed E-state index contributed by atoms with van der Waals surface area (Å²) in [5.74, 6) is -3.65. The second-order valence-electron chi connectivity index (χ2n) is 2.14. The van der Waals surface area contributed by atoms with Gasteiger partial charge in [-0.05, 0) is 0 Å². The van der Waals surface area contributed by atoms with Crippen molar-refractivity contribution in [3.8, 4) is 0 Å². The van der Waals surface area contributed by atoms with E-state index in [0.29, 0.717) is 0 Å². The van der Waals surface area contributed by atoms with Gasteiger partial charge in [0.2, 0.25) is 5.91 Å². The van der Waals surface area contributed by atoms with E-state index in [2.05, 4.69) is 0 Å². The molecule has 0 aliphatic rings. The Balaban J connectivity index is 3.61. The number of hydrogen-bond acceptors (Lipinski definition) is 2. The van der Waals surface area contributed by atoms with Crippen LogP contribution in [0.15, 0.2) is 0 Å². The summed E-state index contributed by atoms with van der Waals surface area (Å²) in [5, 5.41) is 10.1. The summed E-state index contributed by atoms with van der Waals surface area (Å²) < 4.78 is 24.4. The van der Waals surface area contributed by atoms with E-state index in [1.54, 1.807) is 6.92 Å². The number of alkyl halides is 2. The molecule has 0 radical (unpaired) electrons. The van der Waals surface area contributed by atoms with E-state index in [4.69, 9.17) is 5.11 Å². The fourth-order valence-electron chi connectivity index (χ4n) is 0.409. The molecular formula is C6H11F2NO2. The van der Waals surface area contributed by atoms with Crippen molar-refractivity contribution in [2.75, 3.05) is 13.2 Å². The van der Waals surface area contributed by atoms with Gasteiger partial charge >= 0.3 is 0 Å². The van der Waals surface area contributed by atoms with Gasteiger partial charge in [0, 0.05) is 6.42 Å². The van der Waals surface area contributed by atoms with Crippen LogP contribution in [0, 0.1) is 0 Å². The lowest BCUT2D eigenvalue weighted by Gasteiger charge is -2.12. The third kappa shape index (κ3) is 4.66. The maximum Gasteiger partial charge on any atom is 0.287 e. The molecule has 0 aromatic carbocycles. The van der Waals surface area contributed by atoms with E-state index in [0.717, 1.165) is 0 Å². The molecule has 0 saturated carbocycles. The second-order valence-corrected chi connectivity index (χ2v) is 2.14. The summed E-state index contributed by atoms with van der Waals surface area (Å²) >= 11 is 0. The quantitative estimate of drug-likeness (QED) is 0.625. The molecule has 0 aromatic heterocycles. The van der Waals surface area contributed by atoms with Crippen molar-refractivity contribution < 1.29 is 18.7 Å². The van der Waals surface area contributed by atoms with Crippen molar-refractivity contribution in [3.63, 3.8) is 0 Å². The van der Waals surface area contributed by atoms with Gasteiger partial charge in [0.1, 0.15) is 6.61 Å². The Bertz CT molecular complexity index is 139. The molecule has 1 amide bonds. The van der Waals surface area contributed by atoms with E-state index in [-0.39, 0.29) is 6.42 Å². The van der Waals surface area contributed by atoms with Crippen molar-refractivity contribution >= 4 is 5.91 Å². The van der Waals surface area contributed by atoms with Gasteiger partial charge in [-0.2, -0.15) is 0 Å². The number of carbonyl (C=O) groups is 1. The molecule has 0 atom stereocenters. The Kier molecular flexibility index (Phi) is 3.95. The van der Waals surface area contributed by atoms with Crippen molar-refractivity contribution in [3.05, 3.63) is 0 Å². The lowest BCUT2D eigenvalue weighted by Crippen LogP contribution is -2.38. The zero-order valence-electron chi connectivity index (χ0n) is 6.23. The predicted octanol–water partition coefficient (Wildman–Crippen LogP) is 0.140. The number of carbonyl (C=O) groups excluding carboxylic acids is 1. The first-order valence-corrected chi connectivity index (χ1v) is 3.27. The van der Waals surface area contributed by atoms with Crippen molar-refractivity contribution in [2.45, 2.75) is 19.3 Å². The lowest BCUT2D eigenvalue weighted by molar-refractivity contribution is -0.123. The molecule has 0 aliphatic heterocycles. The number of nitrogens with one attached hydrogen (secondary N) is 1. The number of aliphatic hydroxyl groups is 1. The van der Waals surface area contributed by atoms with E-state index >= 15 is 0 Å². The number of halogens is 2. The Morgan fingerprint density at radius 1 is 1.64 bits per heavy atom. The van der Waals surface area contributed by atoms with Crippen LogP contribution in [0.1, 0.15) is 13.3 Å². The average molecular weight is 167 g/mol. The molecule has 0 aliphatic carbocycles. The molecule has 0 fully saturated rings. The molecule has 0 unspecified atom stereocenters. The maximum absolute atomic E-state index is 12.2. The Labute approximate surface area is 63.4 Å². The second kappa shape index (κ2) is 4.23. The van der Waals surface area contributed by atoms with E-state index in [1.807, 2.05) is 5.32 Å². The van der Waals surface area contributed by atoms with Crippen LogP contribution < -0.4 is 5.32 Å². The van der Waals surface area contributed by atoms with Gasteiger partial charge in [-0.15, -0.1) is 0 Å². The van der Waals surface area contributed by atoms with Gasteiger partial charge in [0.25, 0.3) is 5.92 Å². The summed E-state index contributed by atoms with van der Waals surface area (Å²) in [5.41, 5.74) is 0. The van der Waals surface area contributed by atoms with Crippen LogP contribution in [-0.4, -0.2) is 30.1 Å². The van der Waals surface area contributed by atoms with Crippen LogP contribution in [0.25, 0.3) is 0 Å². The largest absolute Gasteiger partial charge is 0.390 e. The zero-order valence-corrected chi connectivity index (χ0v) is 6.23. The van der Waals surface area contributed by atoms with Crippen molar-refractivity contribution in [1.82, 2.24) is 5.32 Å². The van der Waals surface area contributed by atoms with Crippen LogP contribution in [0.5, 0.6) is 0 Å². The smallest absolute Gasteiger partial charge is 0.287 e. The lowest BCUT2D eigenvalue weighted by atomic mass is 10.3. The SMILES string of the molecule is CCC(=O)NCC(F)(F)CO. The summed E-state index contributed by atoms with van der Waals surface area (Å²) in [6.07, 6.45) is 0.168. The molecular weight excluding hydrogens is 156 g/mol. The molecule has 0 heterocycles. The van der Waals surface area contributed by atoms with Gasteiger partial charge in [-0.25, -0.2) is 8.78 Å². The molecule has 0 saturated heterocycles. The van der Waals surface area contributed by atoms with Crippen LogP contribution in [0.2, 0.25) is 0 Å². The molecule has 2 N–H and O–H groups in total. The average Bonchev–Trinajstić information content (AvgIpc) is 2.00. The number of rotatable bonds is 4. The minimum atomic E-state index is -3.20. The topological polar surface area (TPSA) is 49.3 Å². The Morgan fingerprint density at radius 3 is 2.55 bits per heavy atom. The van der Waals surface area contributed by atoms with Gasteiger partial charge in [0.15, 0.2) is 0 Å². The van der Waals surface area contributed by atoms with E-state index < -0.39 is 25.0 Å². The highest BCUT2D eigenvalue weighted by Crippen LogP contribution is 2.09. The van der Waals surface area contributed by atoms with Crippen LogP contribution in [0.4, 0.5) is 8.78 Å². The molecule has 5 heteroatoms. The first-order chi connectivity index (χ1) is 5.02. The van der Waals surface area contributed by atoms with Crippen LogP contribution >= 0.6 is 0 Å². The standard InChI is InChI=1S/C6H11F2NO2/c1-2-5(11)9-3-6(7,8)4-10/h10H,2-4H2,1H3,(H,9,11). The first-order valence-electron chi connectivity index (χ1n) is 3.27. The molecule has 66 valence electrons. The molecule has 0 rings (SSSR count). The third-order valence-electron chi connectivity index (χ3n) is 1.10. The highest BCUT2D eigenvalue weighted by molar-refractivity contribution is 5.75. The van der Waals surface area contributed by atoms with Gasteiger partial charge < -0.3 is 10.4 Å². The van der Waals surface area contributed by atoms with Gasteiger partial charge in [0.05, 0.1) is 6.54 Å². The highest BCUT2D eigenvalue weighted by Gasteiger charge is 2.27. The molecule has 3 nitrogen and oxygen atoms in total. The fraction of sp³-hybridized carbons (Fsp3) is 0.833. The predicted molar refractivity (Wildman–Crippen MR) is 35.3 cm³/mol. The van der Waals surface area contributed by atoms with Crippen molar-refractivity contribution in [1.29, 1.82) is 0 Å². The van der Waals surface area contributed by atoms with E-state index in [9.17, 15) is 13.6 Å². The van der Waals surface area contributed by atoms with Crippen molar-refractivity contribution in [2.24, 2.45) is 0 Å². The molecule has 11 heavy (non-hydrogen) atoms. The first kappa shape index (κ1) is 10.3. The molecule has 0 spiro atoms. The minimum absolute atomic E-state index is 0.168. The summed E-state index contributed by atoms with van der Waals surface area (Å²) in [6, 6.07) is 0. The number of hydrogen-bond donors (Lipinski definition) is 2. The van der Waals surface area contributed by atoms with Crippen LogP contribution in [0.3, 0.4) is 0 Å². The normalized spacial score (nSPS) is 11.3. The number of amides is 1. The highest BCUT2D eigenvalue weighted by atomic mass is 19.3. The summed E-state index contributed by atoms with van der Waals surface area (Å²) in [6.45, 7) is -0.473. The zero-order chi connectivity index (χ0) is 8.91. The Hall–Kier alpha value is -0.710. The monoisotopic (exact) mass is 167 g/mol. The minimum Gasteiger partial charge on any atom is -0.390 e. The van der Waals surface area contributed by atoms with E-state index in [1.165, 1.54) is 0 Å². The fourth-order valence-corrected chi connectivity index (χ4v) is 0.409. The summed E-state index contributed by atoms with van der Waals surface area (Å²) in [4.78, 5) is 10.4. The molecule has 0 bridgehead atoms. The Morgan fingerprint density at radius 2 is 2.18 bits per heavy atom.